The zero-order chi connectivity index (χ0) is 17.6. The second-order valence-electron chi connectivity index (χ2n) is 6.16. The van der Waals surface area contributed by atoms with E-state index in [0.717, 1.165) is 37.1 Å². The summed E-state index contributed by atoms with van der Waals surface area (Å²) in [6, 6.07) is 7.55. The van der Waals surface area contributed by atoms with Crippen LogP contribution in [0.2, 0.25) is 0 Å². The molecule has 1 saturated heterocycles. The molecule has 1 N–H and O–H groups in total. The highest BCUT2D eigenvalue weighted by molar-refractivity contribution is 5.80. The van der Waals surface area contributed by atoms with Crippen LogP contribution < -0.4 is 4.74 Å². The summed E-state index contributed by atoms with van der Waals surface area (Å²) in [5.41, 5.74) is 0.898. The summed E-state index contributed by atoms with van der Waals surface area (Å²) in [5, 5.41) is 7.18. The second-order valence-corrected chi connectivity index (χ2v) is 6.16. The van der Waals surface area contributed by atoms with Gasteiger partial charge < -0.3 is 14.4 Å². The van der Waals surface area contributed by atoms with Gasteiger partial charge in [0, 0.05) is 19.2 Å². The monoisotopic (exact) mass is 344 g/mol. The molecule has 7 heteroatoms. The van der Waals surface area contributed by atoms with Gasteiger partial charge in [-0.3, -0.25) is 9.89 Å². The number of benzene rings is 1. The summed E-state index contributed by atoms with van der Waals surface area (Å²) in [7, 11) is 3.24. The predicted molar refractivity (Wildman–Crippen MR) is 92.1 cm³/mol. The molecule has 1 fully saturated rings. The van der Waals surface area contributed by atoms with Crippen molar-refractivity contribution in [1.82, 2.24) is 20.1 Å². The third kappa shape index (κ3) is 3.99. The van der Waals surface area contributed by atoms with E-state index in [2.05, 4.69) is 15.2 Å². The summed E-state index contributed by atoms with van der Waals surface area (Å²) in [6.07, 6.45) is 3.26. The number of nitrogens with zero attached hydrogens (tertiary/aromatic N) is 3. The van der Waals surface area contributed by atoms with E-state index in [1.54, 1.807) is 14.2 Å². The minimum atomic E-state index is -0.0854. The van der Waals surface area contributed by atoms with Crippen LogP contribution >= 0.6 is 0 Å². The molecule has 1 aromatic heterocycles. The van der Waals surface area contributed by atoms with Gasteiger partial charge in [-0.05, 0) is 25.3 Å². The molecule has 0 spiro atoms. The Morgan fingerprint density at radius 2 is 2.16 bits per heavy atom. The fourth-order valence-electron chi connectivity index (χ4n) is 3.27. The summed E-state index contributed by atoms with van der Waals surface area (Å²) in [6.45, 7) is 1.11. The molecule has 1 aliphatic heterocycles. The SMILES string of the molecule is COCc1nc(C2CCCCN2C(=O)Cc2ccccc2OC)n[nH]1. The van der Waals surface area contributed by atoms with Crippen molar-refractivity contribution in [3.8, 4) is 5.75 Å². The zero-order valence-electron chi connectivity index (χ0n) is 14.7. The van der Waals surface area contributed by atoms with Crippen molar-refractivity contribution in [3.05, 3.63) is 41.5 Å². The molecule has 1 aliphatic rings. The fourth-order valence-corrected chi connectivity index (χ4v) is 3.27. The van der Waals surface area contributed by atoms with Crippen LogP contribution in [0.1, 0.15) is 42.5 Å². The van der Waals surface area contributed by atoms with Gasteiger partial charge in [-0.1, -0.05) is 18.2 Å². The van der Waals surface area contributed by atoms with Crippen molar-refractivity contribution in [2.45, 2.75) is 38.3 Å². The normalized spacial score (nSPS) is 17.5. The molecule has 3 rings (SSSR count). The van der Waals surface area contributed by atoms with Crippen LogP contribution in [0.4, 0.5) is 0 Å². The number of carbonyl (C=O) groups is 1. The number of carbonyl (C=O) groups excluding carboxylic acids is 1. The molecule has 2 heterocycles. The maximum atomic E-state index is 12.9. The number of nitrogens with one attached hydrogen (secondary N) is 1. The molecule has 2 aromatic rings. The Labute approximate surface area is 147 Å². The highest BCUT2D eigenvalue weighted by Gasteiger charge is 2.31. The minimum Gasteiger partial charge on any atom is -0.496 e. The number of ether oxygens (including phenoxy) is 2. The van der Waals surface area contributed by atoms with Gasteiger partial charge in [0.2, 0.25) is 5.91 Å². The quantitative estimate of drug-likeness (QED) is 0.869. The van der Waals surface area contributed by atoms with Gasteiger partial charge in [-0.2, -0.15) is 5.10 Å². The van der Waals surface area contributed by atoms with Crippen LogP contribution in [0.25, 0.3) is 0 Å². The average Bonchev–Trinajstić information content (AvgIpc) is 3.11. The lowest BCUT2D eigenvalue weighted by Crippen LogP contribution is -2.40. The molecule has 1 aromatic carbocycles. The fraction of sp³-hybridized carbons (Fsp3) is 0.500. The van der Waals surface area contributed by atoms with Crippen molar-refractivity contribution in [3.63, 3.8) is 0 Å². The van der Waals surface area contributed by atoms with Gasteiger partial charge in [0.25, 0.3) is 0 Å². The van der Waals surface area contributed by atoms with E-state index in [1.165, 1.54) is 0 Å². The molecule has 0 bridgehead atoms. The molecule has 1 unspecified atom stereocenters. The van der Waals surface area contributed by atoms with Crippen LogP contribution in [0.5, 0.6) is 5.75 Å². The van der Waals surface area contributed by atoms with Gasteiger partial charge in [0.1, 0.15) is 12.4 Å². The number of likely N-dealkylation sites (tertiary alicyclic amines) is 1. The molecule has 1 atom stereocenters. The van der Waals surface area contributed by atoms with Crippen molar-refractivity contribution in [2.24, 2.45) is 0 Å². The van der Waals surface area contributed by atoms with E-state index in [4.69, 9.17) is 9.47 Å². The summed E-state index contributed by atoms with van der Waals surface area (Å²) in [5.74, 6) is 2.16. The number of para-hydroxylation sites is 1. The largest absolute Gasteiger partial charge is 0.496 e. The van der Waals surface area contributed by atoms with Gasteiger partial charge in [-0.15, -0.1) is 0 Å². The molecule has 0 saturated carbocycles. The minimum absolute atomic E-state index is 0.0762. The molecule has 134 valence electrons. The molecule has 7 nitrogen and oxygen atoms in total. The number of hydrogen-bond acceptors (Lipinski definition) is 5. The van der Waals surface area contributed by atoms with Crippen molar-refractivity contribution in [1.29, 1.82) is 0 Å². The first kappa shape index (κ1) is 17.4. The number of aromatic nitrogens is 3. The topological polar surface area (TPSA) is 80.3 Å². The lowest BCUT2D eigenvalue weighted by Gasteiger charge is -2.34. The Balaban J connectivity index is 1.76. The smallest absolute Gasteiger partial charge is 0.227 e. The number of aromatic amines is 1. The van der Waals surface area contributed by atoms with Crippen LogP contribution in [0.3, 0.4) is 0 Å². The Morgan fingerprint density at radius 3 is 2.96 bits per heavy atom. The van der Waals surface area contributed by atoms with Gasteiger partial charge >= 0.3 is 0 Å². The van der Waals surface area contributed by atoms with Gasteiger partial charge in [0.15, 0.2) is 11.6 Å². The first-order valence-corrected chi connectivity index (χ1v) is 8.54. The second kappa shape index (κ2) is 8.11. The molecule has 25 heavy (non-hydrogen) atoms. The van der Waals surface area contributed by atoms with E-state index in [-0.39, 0.29) is 11.9 Å². The molecule has 0 aliphatic carbocycles. The lowest BCUT2D eigenvalue weighted by atomic mass is 10.00. The summed E-state index contributed by atoms with van der Waals surface area (Å²) < 4.78 is 10.4. The highest BCUT2D eigenvalue weighted by atomic mass is 16.5. The number of amides is 1. The van der Waals surface area contributed by atoms with Crippen molar-refractivity contribution < 1.29 is 14.3 Å². The van der Waals surface area contributed by atoms with Crippen LogP contribution in [0.15, 0.2) is 24.3 Å². The van der Waals surface area contributed by atoms with Gasteiger partial charge in [0.05, 0.1) is 19.6 Å². The first-order valence-electron chi connectivity index (χ1n) is 8.54. The Kier molecular flexibility index (Phi) is 5.65. The standard InChI is InChI=1S/C18H24N4O3/c1-24-12-16-19-18(21-20-16)14-8-5-6-10-22(14)17(23)11-13-7-3-4-9-15(13)25-2/h3-4,7,9,14H,5-6,8,10-12H2,1-2H3,(H,19,20,21). The van der Waals surface area contributed by atoms with E-state index in [1.807, 2.05) is 29.2 Å². The average molecular weight is 344 g/mol. The maximum absolute atomic E-state index is 12.9. The number of H-pyrrole nitrogens is 1. The summed E-state index contributed by atoms with van der Waals surface area (Å²) in [4.78, 5) is 19.3. The zero-order valence-corrected chi connectivity index (χ0v) is 14.7. The Morgan fingerprint density at radius 1 is 1.32 bits per heavy atom. The molecule has 0 radical (unpaired) electrons. The summed E-state index contributed by atoms with van der Waals surface area (Å²) >= 11 is 0. The number of hydrogen-bond donors (Lipinski definition) is 1. The van der Waals surface area contributed by atoms with Crippen molar-refractivity contribution in [2.75, 3.05) is 20.8 Å². The van der Waals surface area contributed by atoms with Crippen LogP contribution in [-0.4, -0.2) is 46.8 Å². The molecular weight excluding hydrogens is 320 g/mol. The highest BCUT2D eigenvalue weighted by Crippen LogP contribution is 2.30. The predicted octanol–water partition coefficient (Wildman–Crippen LogP) is 2.26. The molecule has 1 amide bonds. The number of methoxy groups -OCH3 is 2. The van der Waals surface area contributed by atoms with Crippen LogP contribution in [0, 0.1) is 0 Å². The van der Waals surface area contributed by atoms with Gasteiger partial charge in [-0.25, -0.2) is 4.98 Å². The number of rotatable bonds is 6. The van der Waals surface area contributed by atoms with E-state index >= 15 is 0 Å². The molecular formula is C18H24N4O3. The van der Waals surface area contributed by atoms with E-state index < -0.39 is 0 Å². The third-order valence-corrected chi connectivity index (χ3v) is 4.49. The van der Waals surface area contributed by atoms with E-state index in [0.29, 0.717) is 24.7 Å². The third-order valence-electron chi connectivity index (χ3n) is 4.49. The maximum Gasteiger partial charge on any atom is 0.227 e. The lowest BCUT2D eigenvalue weighted by molar-refractivity contribution is -0.134. The Hall–Kier alpha value is -2.41. The Bertz CT molecular complexity index is 716. The van der Waals surface area contributed by atoms with E-state index in [9.17, 15) is 4.79 Å². The van der Waals surface area contributed by atoms with Crippen molar-refractivity contribution >= 4 is 5.91 Å². The van der Waals surface area contributed by atoms with Crippen LogP contribution in [-0.2, 0) is 22.6 Å². The first-order chi connectivity index (χ1) is 12.2. The number of piperidine rings is 1.